The van der Waals surface area contributed by atoms with Crippen LogP contribution in [0.5, 0.6) is 0 Å². The zero-order valence-electron chi connectivity index (χ0n) is 16.4. The van der Waals surface area contributed by atoms with Gasteiger partial charge in [0, 0.05) is 31.1 Å². The van der Waals surface area contributed by atoms with E-state index in [9.17, 15) is 17.2 Å². The molecule has 12 heteroatoms. The summed E-state index contributed by atoms with van der Waals surface area (Å²) in [6, 6.07) is 1.57. The number of fused-ring (bicyclic) bond motifs is 3. The predicted molar refractivity (Wildman–Crippen MR) is 105 cm³/mol. The molecule has 2 N–H and O–H groups in total. The van der Waals surface area contributed by atoms with Gasteiger partial charge in [-0.3, -0.25) is 4.40 Å². The lowest BCUT2D eigenvalue weighted by Gasteiger charge is -2.20. The monoisotopic (exact) mass is 439 g/mol. The SMILES string of the molecule is CCC1C[C@H](NS(=O)(=O)N2CCC(F)(F)C2)C[C@@H]1c1nnc2cnc3[nH]ccc3n12. The van der Waals surface area contributed by atoms with Crippen molar-refractivity contribution < 1.29 is 17.2 Å². The third-order valence-electron chi connectivity index (χ3n) is 6.31. The van der Waals surface area contributed by atoms with Crippen LogP contribution in [0.4, 0.5) is 8.78 Å². The number of aromatic amines is 1. The molecular formula is C18H23F2N7O2S. The summed E-state index contributed by atoms with van der Waals surface area (Å²) in [5.41, 5.74) is 2.22. The Bertz CT molecular complexity index is 1190. The van der Waals surface area contributed by atoms with Crippen LogP contribution in [-0.4, -0.2) is 62.3 Å². The van der Waals surface area contributed by atoms with E-state index in [1.807, 2.05) is 10.5 Å². The highest BCUT2D eigenvalue weighted by Gasteiger charge is 2.45. The Morgan fingerprint density at radius 2 is 2.17 bits per heavy atom. The Morgan fingerprint density at radius 1 is 1.33 bits per heavy atom. The molecule has 1 saturated heterocycles. The van der Waals surface area contributed by atoms with E-state index in [2.05, 4.69) is 31.8 Å². The minimum absolute atomic E-state index is 0.00165. The molecule has 0 bridgehead atoms. The van der Waals surface area contributed by atoms with E-state index in [4.69, 9.17) is 0 Å². The van der Waals surface area contributed by atoms with Crippen molar-refractivity contribution in [1.82, 2.24) is 33.6 Å². The Labute approximate surface area is 172 Å². The largest absolute Gasteiger partial charge is 0.345 e. The number of nitrogens with zero attached hydrogens (tertiary/aromatic N) is 5. The maximum atomic E-state index is 13.5. The molecule has 1 aliphatic carbocycles. The Hall–Kier alpha value is -2.18. The van der Waals surface area contributed by atoms with Crippen LogP contribution >= 0.6 is 0 Å². The first-order valence-electron chi connectivity index (χ1n) is 10.1. The summed E-state index contributed by atoms with van der Waals surface area (Å²) in [4.78, 5) is 7.41. The number of rotatable bonds is 5. The summed E-state index contributed by atoms with van der Waals surface area (Å²) in [6.07, 6.45) is 5.03. The number of nitrogens with one attached hydrogen (secondary N) is 2. The van der Waals surface area contributed by atoms with Crippen molar-refractivity contribution in [1.29, 1.82) is 0 Å². The van der Waals surface area contributed by atoms with Crippen LogP contribution in [0.1, 0.15) is 44.3 Å². The lowest BCUT2D eigenvalue weighted by Crippen LogP contribution is -2.44. The summed E-state index contributed by atoms with van der Waals surface area (Å²) < 4.78 is 57.8. The number of halogens is 2. The van der Waals surface area contributed by atoms with Gasteiger partial charge >= 0.3 is 0 Å². The van der Waals surface area contributed by atoms with Gasteiger partial charge in [0.2, 0.25) is 0 Å². The molecule has 5 rings (SSSR count). The summed E-state index contributed by atoms with van der Waals surface area (Å²) in [6.45, 7) is 1.14. The first-order valence-corrected chi connectivity index (χ1v) is 11.5. The number of H-pyrrole nitrogens is 1. The highest BCUT2D eigenvalue weighted by molar-refractivity contribution is 7.87. The molecular weight excluding hydrogens is 416 g/mol. The maximum absolute atomic E-state index is 13.5. The molecule has 1 aliphatic heterocycles. The van der Waals surface area contributed by atoms with Gasteiger partial charge in [0.1, 0.15) is 5.82 Å². The van der Waals surface area contributed by atoms with Gasteiger partial charge in [0.25, 0.3) is 16.1 Å². The highest BCUT2D eigenvalue weighted by atomic mass is 32.2. The fraction of sp³-hybridized carbons (Fsp3) is 0.611. The minimum Gasteiger partial charge on any atom is -0.345 e. The average Bonchev–Trinajstić information content (AvgIpc) is 3.44. The first-order chi connectivity index (χ1) is 14.3. The lowest BCUT2D eigenvalue weighted by atomic mass is 9.93. The number of alkyl halides is 2. The van der Waals surface area contributed by atoms with Crippen LogP contribution in [0.15, 0.2) is 18.5 Å². The minimum atomic E-state index is -3.96. The Balaban J connectivity index is 1.42. The highest BCUT2D eigenvalue weighted by Crippen LogP contribution is 2.42. The van der Waals surface area contributed by atoms with Gasteiger partial charge in [0.15, 0.2) is 11.3 Å². The summed E-state index contributed by atoms with van der Waals surface area (Å²) in [5, 5.41) is 8.65. The zero-order chi connectivity index (χ0) is 21.1. The fourth-order valence-corrected chi connectivity index (χ4v) is 6.27. The van der Waals surface area contributed by atoms with E-state index >= 15 is 0 Å². The van der Waals surface area contributed by atoms with E-state index in [-0.39, 0.29) is 24.4 Å². The van der Waals surface area contributed by atoms with Crippen LogP contribution in [0.3, 0.4) is 0 Å². The molecule has 0 amide bonds. The third kappa shape index (κ3) is 3.26. The molecule has 30 heavy (non-hydrogen) atoms. The van der Waals surface area contributed by atoms with Crippen molar-refractivity contribution in [2.75, 3.05) is 13.1 Å². The van der Waals surface area contributed by atoms with E-state index in [1.165, 1.54) is 0 Å². The number of hydrogen-bond donors (Lipinski definition) is 2. The third-order valence-corrected chi connectivity index (χ3v) is 7.93. The summed E-state index contributed by atoms with van der Waals surface area (Å²) in [7, 11) is -3.96. The topological polar surface area (TPSA) is 108 Å². The molecule has 1 saturated carbocycles. The van der Waals surface area contributed by atoms with Gasteiger partial charge in [-0.05, 0) is 24.8 Å². The van der Waals surface area contributed by atoms with Crippen LogP contribution in [0.2, 0.25) is 0 Å². The van der Waals surface area contributed by atoms with Crippen molar-refractivity contribution in [2.24, 2.45) is 5.92 Å². The van der Waals surface area contributed by atoms with Gasteiger partial charge in [-0.2, -0.15) is 17.4 Å². The lowest BCUT2D eigenvalue weighted by molar-refractivity contribution is 0.0182. The molecule has 9 nitrogen and oxygen atoms in total. The van der Waals surface area contributed by atoms with Crippen molar-refractivity contribution in [3.05, 3.63) is 24.3 Å². The Morgan fingerprint density at radius 3 is 2.90 bits per heavy atom. The molecule has 2 aliphatic rings. The average molecular weight is 439 g/mol. The van der Waals surface area contributed by atoms with Crippen molar-refractivity contribution in [2.45, 2.75) is 50.5 Å². The summed E-state index contributed by atoms with van der Waals surface area (Å²) in [5.74, 6) is -1.99. The van der Waals surface area contributed by atoms with E-state index in [1.54, 1.807) is 12.4 Å². The van der Waals surface area contributed by atoms with Gasteiger partial charge in [-0.15, -0.1) is 10.2 Å². The van der Waals surface area contributed by atoms with E-state index in [0.717, 1.165) is 27.7 Å². The molecule has 162 valence electrons. The maximum Gasteiger partial charge on any atom is 0.279 e. The molecule has 0 spiro atoms. The number of aromatic nitrogens is 5. The van der Waals surface area contributed by atoms with Gasteiger partial charge in [0.05, 0.1) is 18.3 Å². The standard InChI is InChI=1S/C18H23F2N7O2S/c1-2-11-7-12(25-30(28,29)26-6-4-18(19,20)10-26)8-13(11)17-24-23-15-9-22-16-14(27(15)17)3-5-21-16/h3,5,9,11-13,21,25H,2,4,6-8,10H2,1H3/t11?,12-,13-/m0/s1. The van der Waals surface area contributed by atoms with Crippen LogP contribution < -0.4 is 4.72 Å². The Kier molecular flexibility index (Phi) is 4.56. The van der Waals surface area contributed by atoms with Crippen molar-refractivity contribution in [3.63, 3.8) is 0 Å². The van der Waals surface area contributed by atoms with E-state index < -0.39 is 29.1 Å². The van der Waals surface area contributed by atoms with E-state index in [0.29, 0.717) is 18.5 Å². The molecule has 0 aromatic carbocycles. The molecule has 2 fully saturated rings. The van der Waals surface area contributed by atoms with Crippen LogP contribution in [0.25, 0.3) is 16.8 Å². The van der Waals surface area contributed by atoms with Gasteiger partial charge in [-0.1, -0.05) is 13.3 Å². The molecule has 3 aromatic rings. The molecule has 3 atom stereocenters. The number of hydrogen-bond acceptors (Lipinski definition) is 5. The second-order valence-electron chi connectivity index (χ2n) is 8.23. The molecule has 0 radical (unpaired) electrons. The second-order valence-corrected chi connectivity index (χ2v) is 9.93. The predicted octanol–water partition coefficient (Wildman–Crippen LogP) is 2.05. The van der Waals surface area contributed by atoms with Gasteiger partial charge < -0.3 is 4.98 Å². The van der Waals surface area contributed by atoms with Gasteiger partial charge in [-0.25, -0.2) is 13.8 Å². The molecule has 4 heterocycles. The molecule has 3 aromatic heterocycles. The van der Waals surface area contributed by atoms with Crippen LogP contribution in [0, 0.1) is 5.92 Å². The molecule has 1 unspecified atom stereocenters. The van der Waals surface area contributed by atoms with Crippen molar-refractivity contribution in [3.8, 4) is 0 Å². The fourth-order valence-electron chi connectivity index (χ4n) is 4.82. The zero-order valence-corrected chi connectivity index (χ0v) is 17.2. The second kappa shape index (κ2) is 6.92. The smallest absolute Gasteiger partial charge is 0.279 e. The van der Waals surface area contributed by atoms with Crippen molar-refractivity contribution >= 4 is 27.0 Å². The van der Waals surface area contributed by atoms with Crippen LogP contribution in [-0.2, 0) is 10.2 Å². The first kappa shape index (κ1) is 19.8. The quantitative estimate of drug-likeness (QED) is 0.633. The normalized spacial score (nSPS) is 27.5. The summed E-state index contributed by atoms with van der Waals surface area (Å²) >= 11 is 0.